The molecule has 33 heavy (non-hydrogen) atoms. The molecule has 0 fully saturated rings. The molecule has 4 rings (SSSR count). The van der Waals surface area contributed by atoms with Crippen molar-refractivity contribution in [2.24, 2.45) is 0 Å². The van der Waals surface area contributed by atoms with Crippen LogP contribution in [0.3, 0.4) is 0 Å². The van der Waals surface area contributed by atoms with Crippen LogP contribution in [-0.4, -0.2) is 46.1 Å². The summed E-state index contributed by atoms with van der Waals surface area (Å²) >= 11 is 0. The summed E-state index contributed by atoms with van der Waals surface area (Å²) in [5.41, 5.74) is 2.75. The molecule has 172 valence electrons. The summed E-state index contributed by atoms with van der Waals surface area (Å²) in [7, 11) is 3.18. The van der Waals surface area contributed by atoms with E-state index in [1.54, 1.807) is 14.2 Å². The van der Waals surface area contributed by atoms with Crippen molar-refractivity contribution in [1.82, 2.24) is 19.6 Å². The molecule has 4 aromatic rings. The number of benzene rings is 2. The fraction of sp³-hybridized carbons (Fsp3) is 0.333. The van der Waals surface area contributed by atoms with Gasteiger partial charge in [-0.2, -0.15) is 0 Å². The molecule has 0 aliphatic heterocycles. The van der Waals surface area contributed by atoms with Crippen molar-refractivity contribution in [3.63, 3.8) is 0 Å². The number of methoxy groups -OCH3 is 2. The van der Waals surface area contributed by atoms with Crippen LogP contribution >= 0.6 is 0 Å². The Balaban J connectivity index is 1.41. The highest BCUT2D eigenvalue weighted by atomic mass is 19.1. The number of unbranched alkanes of at least 4 members (excludes halogenated alkanes) is 2. The number of nitrogens with zero attached hydrogens (tertiary/aromatic N) is 4. The van der Waals surface area contributed by atoms with Crippen molar-refractivity contribution in [2.45, 2.75) is 32.6 Å². The number of carbonyl (C=O) groups is 1. The van der Waals surface area contributed by atoms with Gasteiger partial charge in [0.1, 0.15) is 11.6 Å². The van der Waals surface area contributed by atoms with Crippen LogP contribution in [0.4, 0.5) is 10.2 Å². The molecule has 2 aromatic heterocycles. The highest BCUT2D eigenvalue weighted by molar-refractivity contribution is 5.95. The highest BCUT2D eigenvalue weighted by Crippen LogP contribution is 2.33. The van der Waals surface area contributed by atoms with Gasteiger partial charge in [0.15, 0.2) is 23.1 Å². The molecule has 0 unspecified atom stereocenters. The number of fused-ring (bicyclic) bond motifs is 3. The number of rotatable bonds is 10. The Bertz CT molecular complexity index is 1290. The first-order valence-electron chi connectivity index (χ1n) is 10.8. The summed E-state index contributed by atoms with van der Waals surface area (Å²) < 4.78 is 25.8. The third-order valence-electron chi connectivity index (χ3n) is 5.53. The van der Waals surface area contributed by atoms with Gasteiger partial charge in [-0.15, -0.1) is 10.2 Å². The minimum Gasteiger partial charge on any atom is -0.493 e. The third kappa shape index (κ3) is 4.72. The molecule has 0 radical (unpaired) electrons. The van der Waals surface area contributed by atoms with Crippen LogP contribution in [0.2, 0.25) is 0 Å². The van der Waals surface area contributed by atoms with Gasteiger partial charge in [-0.05, 0) is 44.0 Å². The van der Waals surface area contributed by atoms with E-state index in [9.17, 15) is 9.18 Å². The number of Topliss-reactive ketones (excluding diaryl/α,β-unsaturated/α-hetero) is 1. The van der Waals surface area contributed by atoms with Gasteiger partial charge in [-0.3, -0.25) is 9.20 Å². The molecule has 0 aliphatic carbocycles. The lowest BCUT2D eigenvalue weighted by molar-refractivity contribution is 0.0979. The van der Waals surface area contributed by atoms with E-state index in [-0.39, 0.29) is 11.6 Å². The van der Waals surface area contributed by atoms with Crippen LogP contribution in [0.25, 0.3) is 16.7 Å². The number of halogens is 1. The largest absolute Gasteiger partial charge is 0.493 e. The summed E-state index contributed by atoms with van der Waals surface area (Å²) in [5.74, 6) is 2.28. The van der Waals surface area contributed by atoms with Gasteiger partial charge in [0.25, 0.3) is 0 Å². The molecule has 0 amide bonds. The molecule has 0 spiro atoms. The normalized spacial score (nSPS) is 11.2. The topological polar surface area (TPSA) is 90.6 Å². The predicted molar refractivity (Wildman–Crippen MR) is 124 cm³/mol. The van der Waals surface area contributed by atoms with E-state index >= 15 is 0 Å². The summed E-state index contributed by atoms with van der Waals surface area (Å²) in [6, 6.07) is 9.38. The predicted octanol–water partition coefficient (Wildman–Crippen LogP) is 4.60. The number of ketones is 1. The summed E-state index contributed by atoms with van der Waals surface area (Å²) in [6.45, 7) is 2.57. The smallest absolute Gasteiger partial charge is 0.204 e. The second-order valence-electron chi connectivity index (χ2n) is 7.73. The first kappa shape index (κ1) is 22.4. The first-order chi connectivity index (χ1) is 16.0. The number of hydrogen-bond donors (Lipinski definition) is 1. The van der Waals surface area contributed by atoms with Crippen molar-refractivity contribution in [2.75, 3.05) is 26.1 Å². The van der Waals surface area contributed by atoms with Crippen molar-refractivity contribution in [1.29, 1.82) is 0 Å². The lowest BCUT2D eigenvalue weighted by atomic mass is 10.0. The van der Waals surface area contributed by atoms with Crippen LogP contribution in [0.5, 0.6) is 11.5 Å². The van der Waals surface area contributed by atoms with Crippen molar-refractivity contribution >= 4 is 28.3 Å². The molecular weight excluding hydrogens is 425 g/mol. The average molecular weight is 452 g/mol. The van der Waals surface area contributed by atoms with Crippen molar-refractivity contribution < 1.29 is 18.7 Å². The van der Waals surface area contributed by atoms with E-state index in [0.717, 1.165) is 36.1 Å². The molecule has 0 atom stereocenters. The second kappa shape index (κ2) is 9.81. The van der Waals surface area contributed by atoms with E-state index in [0.29, 0.717) is 41.5 Å². The van der Waals surface area contributed by atoms with Gasteiger partial charge in [-0.1, -0.05) is 6.42 Å². The molecule has 8 nitrogen and oxygen atoms in total. The van der Waals surface area contributed by atoms with Crippen LogP contribution in [-0.2, 0) is 0 Å². The zero-order valence-electron chi connectivity index (χ0n) is 18.9. The third-order valence-corrected chi connectivity index (χ3v) is 5.53. The van der Waals surface area contributed by atoms with Gasteiger partial charge in [0, 0.05) is 30.7 Å². The van der Waals surface area contributed by atoms with E-state index < -0.39 is 0 Å². The maximum atomic E-state index is 13.0. The number of carbonyl (C=O) groups excluding carboxylic acids is 1. The van der Waals surface area contributed by atoms with Crippen LogP contribution < -0.4 is 14.8 Å². The molecule has 0 saturated carbocycles. The molecule has 1 N–H and O–H groups in total. The van der Waals surface area contributed by atoms with Gasteiger partial charge < -0.3 is 14.8 Å². The van der Waals surface area contributed by atoms with E-state index in [1.165, 1.54) is 24.3 Å². The maximum absolute atomic E-state index is 13.0. The fourth-order valence-corrected chi connectivity index (χ4v) is 3.79. The lowest BCUT2D eigenvalue weighted by Gasteiger charge is -2.13. The molecule has 0 aliphatic rings. The standard InChI is InChI=1S/C24H26FN5O3/c1-15-28-29-24-23(27-18-13-21(32-2)22(33-3)14-19(18)30(15)24)26-12-6-4-5-7-20(31)16-8-10-17(25)11-9-16/h8-11,13-14H,4-7,12H2,1-3H3,(H,26,27). The maximum Gasteiger partial charge on any atom is 0.204 e. The molecular formula is C24H26FN5O3. The zero-order chi connectivity index (χ0) is 23.4. The molecule has 0 saturated heterocycles. The van der Waals surface area contributed by atoms with Gasteiger partial charge >= 0.3 is 0 Å². The number of nitrogens with one attached hydrogen (secondary N) is 1. The number of anilines is 1. The average Bonchev–Trinajstić information content (AvgIpc) is 3.22. The zero-order valence-corrected chi connectivity index (χ0v) is 18.9. The molecule has 9 heteroatoms. The lowest BCUT2D eigenvalue weighted by Crippen LogP contribution is -2.07. The highest BCUT2D eigenvalue weighted by Gasteiger charge is 2.16. The van der Waals surface area contributed by atoms with Crippen LogP contribution in [0, 0.1) is 12.7 Å². The minimum absolute atomic E-state index is 0.0316. The van der Waals surface area contributed by atoms with E-state index in [4.69, 9.17) is 14.5 Å². The number of aromatic nitrogens is 4. The van der Waals surface area contributed by atoms with Gasteiger partial charge in [0.2, 0.25) is 5.65 Å². The van der Waals surface area contributed by atoms with Crippen molar-refractivity contribution in [3.05, 3.63) is 53.6 Å². The Morgan fingerprint density at radius 3 is 2.48 bits per heavy atom. The molecule has 2 aromatic carbocycles. The van der Waals surface area contributed by atoms with Crippen LogP contribution in [0.15, 0.2) is 36.4 Å². The Morgan fingerprint density at radius 2 is 1.76 bits per heavy atom. The van der Waals surface area contributed by atoms with Crippen LogP contribution in [0.1, 0.15) is 41.9 Å². The van der Waals surface area contributed by atoms with E-state index in [1.807, 2.05) is 23.5 Å². The monoisotopic (exact) mass is 451 g/mol. The summed E-state index contributed by atoms with van der Waals surface area (Å²) in [6.07, 6.45) is 2.94. The number of aryl methyl sites for hydroxylation is 1. The SMILES string of the molecule is COc1cc2nc(NCCCCCC(=O)c3ccc(F)cc3)c3nnc(C)n3c2cc1OC. The summed E-state index contributed by atoms with van der Waals surface area (Å²) in [4.78, 5) is 16.9. The minimum atomic E-state index is -0.338. The molecule has 2 heterocycles. The molecule has 0 bridgehead atoms. The van der Waals surface area contributed by atoms with E-state index in [2.05, 4.69) is 15.5 Å². The van der Waals surface area contributed by atoms with Gasteiger partial charge in [0.05, 0.1) is 25.3 Å². The quantitative estimate of drug-likeness (QED) is 0.278. The first-order valence-corrected chi connectivity index (χ1v) is 10.8. The number of hydrogen-bond acceptors (Lipinski definition) is 7. The van der Waals surface area contributed by atoms with Gasteiger partial charge in [-0.25, -0.2) is 9.37 Å². The fourth-order valence-electron chi connectivity index (χ4n) is 3.79. The Morgan fingerprint density at radius 1 is 1.03 bits per heavy atom. The summed E-state index contributed by atoms with van der Waals surface area (Å²) in [5, 5.41) is 11.9. The Labute approximate surface area is 190 Å². The number of ether oxygens (including phenoxy) is 2. The Kier molecular flexibility index (Phi) is 6.67. The second-order valence-corrected chi connectivity index (χ2v) is 7.73. The Hall–Kier alpha value is -3.75. The van der Waals surface area contributed by atoms with Crippen molar-refractivity contribution in [3.8, 4) is 11.5 Å².